The van der Waals surface area contributed by atoms with Crippen LogP contribution in [0.4, 0.5) is 17.3 Å². The summed E-state index contributed by atoms with van der Waals surface area (Å²) in [6.45, 7) is 0. The number of primary amides is 1. The quantitative estimate of drug-likeness (QED) is 0.313. The molecule has 0 fully saturated rings. The number of imidazole rings is 1. The predicted octanol–water partition coefficient (Wildman–Crippen LogP) is 5.00. The number of carbonyl (C=O) groups excluding carboxylic acids is 1. The SMILES string of the molecule is NC(=O)c1c(Nc2cccc(Cl)c2)n[nH]c1/N=C/c1ccc(-n2cnc3ccccc32)cc1. The lowest BCUT2D eigenvalue weighted by Crippen LogP contribution is -2.12. The second-order valence-corrected chi connectivity index (χ2v) is 7.68. The van der Waals surface area contributed by atoms with Crippen molar-refractivity contribution in [1.29, 1.82) is 0 Å². The molecule has 2 heterocycles. The maximum Gasteiger partial charge on any atom is 0.256 e. The van der Waals surface area contributed by atoms with Crippen molar-refractivity contribution in [3.8, 4) is 5.69 Å². The van der Waals surface area contributed by atoms with E-state index in [2.05, 4.69) is 25.5 Å². The highest BCUT2D eigenvalue weighted by atomic mass is 35.5. The van der Waals surface area contributed by atoms with Gasteiger partial charge in [0.2, 0.25) is 0 Å². The van der Waals surface area contributed by atoms with Crippen LogP contribution in [0, 0.1) is 0 Å². The molecule has 9 heteroatoms. The number of H-pyrrole nitrogens is 1. The third-order valence-electron chi connectivity index (χ3n) is 5.05. The van der Waals surface area contributed by atoms with E-state index >= 15 is 0 Å². The number of benzene rings is 3. The Morgan fingerprint density at radius 3 is 2.70 bits per heavy atom. The number of fused-ring (bicyclic) bond motifs is 1. The maximum absolute atomic E-state index is 12.1. The highest BCUT2D eigenvalue weighted by Crippen LogP contribution is 2.27. The van der Waals surface area contributed by atoms with Crippen LogP contribution in [0.25, 0.3) is 16.7 Å². The zero-order valence-corrected chi connectivity index (χ0v) is 18.0. The number of rotatable bonds is 6. The van der Waals surface area contributed by atoms with Gasteiger partial charge in [-0.2, -0.15) is 5.10 Å². The van der Waals surface area contributed by atoms with Crippen LogP contribution >= 0.6 is 11.6 Å². The molecule has 4 N–H and O–H groups in total. The smallest absolute Gasteiger partial charge is 0.256 e. The summed E-state index contributed by atoms with van der Waals surface area (Å²) in [4.78, 5) is 20.9. The molecule has 0 aliphatic heterocycles. The Hall–Kier alpha value is -4.43. The van der Waals surface area contributed by atoms with E-state index in [0.717, 1.165) is 22.3 Å². The number of hydrogen-bond acceptors (Lipinski definition) is 5. The Morgan fingerprint density at radius 2 is 1.91 bits per heavy atom. The van der Waals surface area contributed by atoms with Gasteiger partial charge in [0.1, 0.15) is 11.9 Å². The van der Waals surface area contributed by atoms with E-state index in [1.54, 1.807) is 36.8 Å². The molecule has 5 aromatic rings. The first-order valence-electron chi connectivity index (χ1n) is 10.1. The minimum Gasteiger partial charge on any atom is -0.365 e. The van der Waals surface area contributed by atoms with Gasteiger partial charge in [-0.3, -0.25) is 14.5 Å². The van der Waals surface area contributed by atoms with Crippen molar-refractivity contribution in [1.82, 2.24) is 19.7 Å². The fourth-order valence-corrected chi connectivity index (χ4v) is 3.67. The van der Waals surface area contributed by atoms with Gasteiger partial charge >= 0.3 is 0 Å². The lowest BCUT2D eigenvalue weighted by atomic mass is 10.2. The average molecular weight is 456 g/mol. The van der Waals surface area contributed by atoms with Gasteiger partial charge in [-0.15, -0.1) is 0 Å². The van der Waals surface area contributed by atoms with E-state index in [1.807, 2.05) is 53.1 Å². The molecule has 0 bridgehead atoms. The van der Waals surface area contributed by atoms with E-state index in [1.165, 1.54) is 0 Å². The molecule has 2 aromatic heterocycles. The summed E-state index contributed by atoms with van der Waals surface area (Å²) < 4.78 is 2.02. The molecule has 0 spiro atoms. The molecule has 0 radical (unpaired) electrons. The average Bonchev–Trinajstić information content (AvgIpc) is 3.42. The summed E-state index contributed by atoms with van der Waals surface area (Å²) in [7, 11) is 0. The Kier molecular flexibility index (Phi) is 5.34. The summed E-state index contributed by atoms with van der Waals surface area (Å²) in [5.74, 6) is -0.112. The number of aliphatic imine (C=N–C) groups is 1. The molecular formula is C24H18ClN7O. The van der Waals surface area contributed by atoms with Crippen LogP contribution < -0.4 is 11.1 Å². The molecule has 0 aliphatic carbocycles. The molecular weight excluding hydrogens is 438 g/mol. The third kappa shape index (κ3) is 4.19. The lowest BCUT2D eigenvalue weighted by Gasteiger charge is -2.05. The number of anilines is 2. The summed E-state index contributed by atoms with van der Waals surface area (Å²) in [5.41, 5.74) is 10.2. The summed E-state index contributed by atoms with van der Waals surface area (Å²) in [6, 6.07) is 22.8. The molecule has 3 aromatic carbocycles. The van der Waals surface area contributed by atoms with E-state index in [-0.39, 0.29) is 17.2 Å². The van der Waals surface area contributed by atoms with Crippen LogP contribution in [-0.2, 0) is 0 Å². The summed E-state index contributed by atoms with van der Waals surface area (Å²) >= 11 is 6.02. The van der Waals surface area contributed by atoms with Crippen molar-refractivity contribution in [2.75, 3.05) is 5.32 Å². The first kappa shape index (κ1) is 20.5. The molecule has 33 heavy (non-hydrogen) atoms. The first-order valence-corrected chi connectivity index (χ1v) is 10.4. The Balaban J connectivity index is 1.39. The molecule has 0 unspecified atom stereocenters. The van der Waals surface area contributed by atoms with Crippen LogP contribution in [0.1, 0.15) is 15.9 Å². The molecule has 8 nitrogen and oxygen atoms in total. The number of amides is 1. The minimum atomic E-state index is -0.650. The normalized spacial score (nSPS) is 11.3. The second-order valence-electron chi connectivity index (χ2n) is 7.25. The molecule has 1 amide bonds. The number of halogens is 1. The zero-order chi connectivity index (χ0) is 22.8. The number of aromatic nitrogens is 4. The number of carbonyl (C=O) groups is 1. The standard InChI is InChI=1S/C24H18ClN7O/c25-16-4-3-5-17(12-16)29-24-21(22(26)33)23(30-31-24)27-13-15-8-10-18(11-9-15)32-14-28-19-6-1-2-7-20(19)32/h1-14H,(H2,26,33)(H2,29,30,31)/b27-13+. The van der Waals surface area contributed by atoms with Gasteiger partial charge in [-0.05, 0) is 48.0 Å². The van der Waals surface area contributed by atoms with Gasteiger partial charge in [0.25, 0.3) is 5.91 Å². The minimum absolute atomic E-state index is 0.160. The van der Waals surface area contributed by atoms with E-state index in [9.17, 15) is 4.79 Å². The summed E-state index contributed by atoms with van der Waals surface area (Å²) in [5, 5.41) is 10.5. The number of para-hydroxylation sites is 2. The number of aromatic amines is 1. The van der Waals surface area contributed by atoms with Gasteiger partial charge in [-0.1, -0.05) is 41.9 Å². The first-order chi connectivity index (χ1) is 16.1. The maximum atomic E-state index is 12.1. The van der Waals surface area contributed by atoms with Gasteiger partial charge in [-0.25, -0.2) is 9.98 Å². The van der Waals surface area contributed by atoms with Crippen LogP contribution in [0.3, 0.4) is 0 Å². The van der Waals surface area contributed by atoms with Crippen molar-refractivity contribution in [3.63, 3.8) is 0 Å². The highest BCUT2D eigenvalue weighted by molar-refractivity contribution is 6.30. The lowest BCUT2D eigenvalue weighted by molar-refractivity contribution is 0.100. The predicted molar refractivity (Wildman–Crippen MR) is 130 cm³/mol. The zero-order valence-electron chi connectivity index (χ0n) is 17.2. The molecule has 0 saturated heterocycles. The van der Waals surface area contributed by atoms with Crippen LogP contribution in [0.5, 0.6) is 0 Å². The molecule has 0 atom stereocenters. The number of hydrogen-bond donors (Lipinski definition) is 3. The largest absolute Gasteiger partial charge is 0.365 e. The Bertz CT molecular complexity index is 1480. The van der Waals surface area contributed by atoms with E-state index in [4.69, 9.17) is 17.3 Å². The van der Waals surface area contributed by atoms with Crippen LogP contribution in [-0.4, -0.2) is 31.9 Å². The molecule has 5 rings (SSSR count). The van der Waals surface area contributed by atoms with Crippen molar-refractivity contribution >= 4 is 52.1 Å². The van der Waals surface area contributed by atoms with Crippen molar-refractivity contribution in [2.24, 2.45) is 10.7 Å². The fraction of sp³-hybridized carbons (Fsp3) is 0. The third-order valence-corrected chi connectivity index (χ3v) is 5.28. The molecule has 162 valence electrons. The van der Waals surface area contributed by atoms with E-state index < -0.39 is 5.91 Å². The number of nitrogens with one attached hydrogen (secondary N) is 2. The van der Waals surface area contributed by atoms with Gasteiger partial charge in [0, 0.05) is 22.6 Å². The molecule has 0 aliphatic rings. The molecule has 0 saturated carbocycles. The van der Waals surface area contributed by atoms with E-state index in [0.29, 0.717) is 10.7 Å². The van der Waals surface area contributed by atoms with Crippen molar-refractivity contribution in [3.05, 3.63) is 95.3 Å². The topological polar surface area (TPSA) is 114 Å². The second kappa shape index (κ2) is 8.60. The van der Waals surface area contributed by atoms with Crippen molar-refractivity contribution < 1.29 is 4.79 Å². The fourth-order valence-electron chi connectivity index (χ4n) is 3.48. The monoisotopic (exact) mass is 455 g/mol. The number of nitrogens with zero attached hydrogens (tertiary/aromatic N) is 4. The number of nitrogens with two attached hydrogens (primary N) is 1. The van der Waals surface area contributed by atoms with Gasteiger partial charge in [0.05, 0.1) is 11.0 Å². The van der Waals surface area contributed by atoms with Crippen LogP contribution in [0.2, 0.25) is 5.02 Å². The van der Waals surface area contributed by atoms with Crippen LogP contribution in [0.15, 0.2) is 84.1 Å². The van der Waals surface area contributed by atoms with Gasteiger partial charge < -0.3 is 11.1 Å². The van der Waals surface area contributed by atoms with Crippen molar-refractivity contribution in [2.45, 2.75) is 0 Å². The Morgan fingerprint density at radius 1 is 1.09 bits per heavy atom. The van der Waals surface area contributed by atoms with Gasteiger partial charge in [0.15, 0.2) is 11.6 Å². The summed E-state index contributed by atoms with van der Waals surface area (Å²) in [6.07, 6.45) is 3.44. The Labute approximate surface area is 193 Å². The highest BCUT2D eigenvalue weighted by Gasteiger charge is 2.18.